The number of furan rings is 1. The number of hydrogen-bond acceptors (Lipinski definition) is 8. The van der Waals surface area contributed by atoms with E-state index in [-0.39, 0.29) is 17.5 Å². The first kappa shape index (κ1) is 15.8. The topological polar surface area (TPSA) is 132 Å². The molecule has 4 rings (SSSR count). The highest BCUT2D eigenvalue weighted by Gasteiger charge is 2.28. The number of nitrogens with one attached hydrogen (secondary N) is 2. The summed E-state index contributed by atoms with van der Waals surface area (Å²) in [6, 6.07) is 0.339. The second kappa shape index (κ2) is 5.99. The van der Waals surface area contributed by atoms with Crippen LogP contribution in [0.2, 0.25) is 0 Å². The number of aryl methyl sites for hydroxylation is 2. The van der Waals surface area contributed by atoms with Crippen molar-refractivity contribution < 1.29 is 9.21 Å². The van der Waals surface area contributed by atoms with E-state index < -0.39 is 5.56 Å². The summed E-state index contributed by atoms with van der Waals surface area (Å²) >= 11 is 1.24. The molecule has 0 aromatic carbocycles. The lowest BCUT2D eigenvalue weighted by atomic mass is 10.2. The number of anilines is 1. The monoisotopic (exact) mass is 361 g/mol. The maximum absolute atomic E-state index is 12.3. The first-order chi connectivity index (χ1) is 12.0. The molecule has 3 aromatic rings. The summed E-state index contributed by atoms with van der Waals surface area (Å²) in [5, 5.41) is 22.0. The summed E-state index contributed by atoms with van der Waals surface area (Å²) in [4.78, 5) is 24.3. The third-order valence-electron chi connectivity index (χ3n) is 3.94. The maximum Gasteiger partial charge on any atom is 0.277 e. The molecule has 1 amide bonds. The predicted molar refractivity (Wildman–Crippen MR) is 89.5 cm³/mol. The van der Waals surface area contributed by atoms with Gasteiger partial charge in [0.1, 0.15) is 11.1 Å². The molecule has 1 saturated carbocycles. The summed E-state index contributed by atoms with van der Waals surface area (Å²) in [5.74, 6) is 0.467. The van der Waals surface area contributed by atoms with Crippen molar-refractivity contribution in [2.75, 3.05) is 11.1 Å². The summed E-state index contributed by atoms with van der Waals surface area (Å²) in [5.41, 5.74) is 0.229. The first-order valence-electron chi connectivity index (χ1n) is 7.73. The molecule has 25 heavy (non-hydrogen) atoms. The largest absolute Gasteiger partial charge is 0.444 e. The van der Waals surface area contributed by atoms with Crippen molar-refractivity contribution in [1.29, 1.82) is 0 Å². The van der Waals surface area contributed by atoms with Crippen LogP contribution < -0.4 is 10.9 Å². The van der Waals surface area contributed by atoms with Gasteiger partial charge < -0.3 is 4.42 Å². The number of rotatable bonds is 5. The normalized spacial score (nSPS) is 14.2. The van der Waals surface area contributed by atoms with Gasteiger partial charge in [-0.05, 0) is 37.1 Å². The Morgan fingerprint density at radius 3 is 2.96 bits per heavy atom. The standard InChI is InChI=1S/C14H15N7O3S/c1-6-10-7(2)24-13(11(10)12(23)17-16-6)15-9(22)5-25-14-18-19-20-21(14)8-3-4-8/h8H,3-5H2,1-2H3,(H,15,22)(H,17,23). The average Bonchev–Trinajstić information content (AvgIpc) is 3.22. The van der Waals surface area contributed by atoms with Gasteiger partial charge in [-0.3, -0.25) is 14.9 Å². The van der Waals surface area contributed by atoms with E-state index in [0.717, 1.165) is 12.8 Å². The molecule has 0 bridgehead atoms. The summed E-state index contributed by atoms with van der Waals surface area (Å²) in [6.07, 6.45) is 2.11. The zero-order valence-electron chi connectivity index (χ0n) is 13.6. The number of H-pyrrole nitrogens is 1. The van der Waals surface area contributed by atoms with Crippen LogP contribution in [0.25, 0.3) is 10.8 Å². The van der Waals surface area contributed by atoms with Gasteiger partial charge in [-0.25, -0.2) is 9.78 Å². The first-order valence-corrected chi connectivity index (χ1v) is 8.72. The van der Waals surface area contributed by atoms with Crippen molar-refractivity contribution in [1.82, 2.24) is 30.4 Å². The molecule has 11 heteroatoms. The molecule has 0 unspecified atom stereocenters. The minimum Gasteiger partial charge on any atom is -0.444 e. The van der Waals surface area contributed by atoms with Crippen LogP contribution in [0.5, 0.6) is 0 Å². The van der Waals surface area contributed by atoms with E-state index in [1.165, 1.54) is 11.8 Å². The summed E-state index contributed by atoms with van der Waals surface area (Å²) in [6.45, 7) is 3.49. The zero-order valence-corrected chi connectivity index (χ0v) is 14.4. The van der Waals surface area contributed by atoms with Gasteiger partial charge in [0.2, 0.25) is 16.9 Å². The number of carbonyl (C=O) groups is 1. The molecule has 1 aliphatic carbocycles. The molecule has 1 aliphatic rings. The lowest BCUT2D eigenvalue weighted by Gasteiger charge is -2.03. The van der Waals surface area contributed by atoms with Crippen molar-refractivity contribution in [2.24, 2.45) is 0 Å². The molecule has 0 atom stereocenters. The third-order valence-corrected chi connectivity index (χ3v) is 4.87. The van der Waals surface area contributed by atoms with E-state index in [1.807, 2.05) is 0 Å². The van der Waals surface area contributed by atoms with Gasteiger partial charge in [0.05, 0.1) is 22.9 Å². The molecule has 3 aromatic heterocycles. The van der Waals surface area contributed by atoms with Gasteiger partial charge in [0.25, 0.3) is 5.56 Å². The number of carbonyl (C=O) groups excluding carboxylic acids is 1. The molecule has 0 spiro atoms. The Hall–Kier alpha value is -2.69. The molecule has 10 nitrogen and oxygen atoms in total. The molecular formula is C14H15N7O3S. The second-order valence-corrected chi connectivity index (χ2v) is 6.79. The van der Waals surface area contributed by atoms with Crippen molar-refractivity contribution >= 4 is 34.3 Å². The number of tetrazole rings is 1. The Bertz CT molecular complexity index is 1020. The fourth-order valence-electron chi connectivity index (χ4n) is 2.65. The maximum atomic E-state index is 12.3. The van der Waals surface area contributed by atoms with Gasteiger partial charge in [-0.1, -0.05) is 11.8 Å². The van der Waals surface area contributed by atoms with Crippen LogP contribution in [0.3, 0.4) is 0 Å². The van der Waals surface area contributed by atoms with Crippen LogP contribution in [0.4, 0.5) is 5.88 Å². The van der Waals surface area contributed by atoms with E-state index in [1.54, 1.807) is 18.5 Å². The van der Waals surface area contributed by atoms with Gasteiger partial charge in [-0.2, -0.15) is 5.10 Å². The molecule has 0 saturated heterocycles. The Kier molecular flexibility index (Phi) is 3.79. The highest BCUT2D eigenvalue weighted by molar-refractivity contribution is 7.99. The van der Waals surface area contributed by atoms with E-state index >= 15 is 0 Å². The van der Waals surface area contributed by atoms with Crippen LogP contribution in [0.1, 0.15) is 30.3 Å². The van der Waals surface area contributed by atoms with E-state index in [2.05, 4.69) is 31.0 Å². The number of thioether (sulfide) groups is 1. The van der Waals surface area contributed by atoms with Crippen molar-refractivity contribution in [2.45, 2.75) is 37.9 Å². The second-order valence-electron chi connectivity index (χ2n) is 5.85. The minimum atomic E-state index is -0.405. The van der Waals surface area contributed by atoms with Crippen molar-refractivity contribution in [3.05, 3.63) is 21.8 Å². The average molecular weight is 361 g/mol. The zero-order chi connectivity index (χ0) is 17.6. The molecule has 2 N–H and O–H groups in total. The minimum absolute atomic E-state index is 0.107. The van der Waals surface area contributed by atoms with Crippen LogP contribution in [-0.4, -0.2) is 42.1 Å². The van der Waals surface area contributed by atoms with E-state index in [4.69, 9.17) is 4.42 Å². The van der Waals surface area contributed by atoms with Crippen LogP contribution >= 0.6 is 11.8 Å². The Balaban J connectivity index is 1.51. The van der Waals surface area contributed by atoms with Gasteiger partial charge in [0.15, 0.2) is 0 Å². The van der Waals surface area contributed by atoms with Gasteiger partial charge >= 0.3 is 0 Å². The van der Waals surface area contributed by atoms with Crippen molar-refractivity contribution in [3.63, 3.8) is 0 Å². The van der Waals surface area contributed by atoms with E-state index in [0.29, 0.717) is 33.4 Å². The fourth-order valence-corrected chi connectivity index (χ4v) is 3.40. The van der Waals surface area contributed by atoms with Crippen LogP contribution in [0.15, 0.2) is 14.4 Å². The molecule has 1 fully saturated rings. The smallest absolute Gasteiger partial charge is 0.277 e. The number of amides is 1. The Labute approximate surface area is 145 Å². The Morgan fingerprint density at radius 1 is 1.40 bits per heavy atom. The number of fused-ring (bicyclic) bond motifs is 1. The van der Waals surface area contributed by atoms with Gasteiger partial charge in [0, 0.05) is 0 Å². The van der Waals surface area contributed by atoms with Crippen LogP contribution in [0, 0.1) is 13.8 Å². The van der Waals surface area contributed by atoms with E-state index in [9.17, 15) is 9.59 Å². The molecular weight excluding hydrogens is 346 g/mol. The SMILES string of the molecule is Cc1n[nH]c(=O)c2c(NC(=O)CSc3nnnn3C3CC3)oc(C)c12. The lowest BCUT2D eigenvalue weighted by molar-refractivity contribution is -0.113. The van der Waals surface area contributed by atoms with Crippen LogP contribution in [-0.2, 0) is 4.79 Å². The quantitative estimate of drug-likeness (QED) is 0.648. The molecule has 0 radical (unpaired) electrons. The number of hydrogen-bond donors (Lipinski definition) is 2. The summed E-state index contributed by atoms with van der Waals surface area (Å²) < 4.78 is 7.30. The predicted octanol–water partition coefficient (Wildman–Crippen LogP) is 1.19. The molecule has 3 heterocycles. The number of aromatic nitrogens is 6. The lowest BCUT2D eigenvalue weighted by Crippen LogP contribution is -2.17. The fraction of sp³-hybridized carbons (Fsp3) is 0.429. The Morgan fingerprint density at radius 2 is 2.20 bits per heavy atom. The summed E-state index contributed by atoms with van der Waals surface area (Å²) in [7, 11) is 0. The highest BCUT2D eigenvalue weighted by atomic mass is 32.2. The third kappa shape index (κ3) is 2.90. The number of nitrogens with zero attached hydrogens (tertiary/aromatic N) is 5. The molecule has 130 valence electrons. The van der Waals surface area contributed by atoms with Crippen molar-refractivity contribution in [3.8, 4) is 0 Å². The highest BCUT2D eigenvalue weighted by Crippen LogP contribution is 2.36. The number of aromatic amines is 1. The van der Waals surface area contributed by atoms with Gasteiger partial charge in [-0.15, -0.1) is 5.10 Å². The molecule has 0 aliphatic heterocycles.